The molecule has 30 heavy (non-hydrogen) atoms. The van der Waals surface area contributed by atoms with Crippen LogP contribution in [0.1, 0.15) is 5.69 Å². The summed E-state index contributed by atoms with van der Waals surface area (Å²) in [5, 5.41) is 19.3. The van der Waals surface area contributed by atoms with Crippen molar-refractivity contribution in [3.05, 3.63) is 22.3 Å². The largest absolute Gasteiger partial charge is 0.477 e. The molecule has 14 heteroatoms. The highest BCUT2D eigenvalue weighted by atomic mass is 32.2. The van der Waals surface area contributed by atoms with Crippen molar-refractivity contribution in [2.75, 3.05) is 31.9 Å². The number of carbonyl (C=O) groups excluding carboxylic acids is 3. The number of thiazole rings is 1. The van der Waals surface area contributed by atoms with E-state index in [4.69, 9.17) is 9.57 Å². The monoisotopic (exact) mass is 455 g/mol. The van der Waals surface area contributed by atoms with Gasteiger partial charge in [-0.25, -0.2) is 9.78 Å². The average molecular weight is 455 g/mol. The Kier molecular flexibility index (Phi) is 6.69. The molecule has 0 aromatic carbocycles. The summed E-state index contributed by atoms with van der Waals surface area (Å²) in [5.41, 5.74) is 0.334. The number of methoxy groups -OCH3 is 1. The zero-order valence-corrected chi connectivity index (χ0v) is 17.4. The van der Waals surface area contributed by atoms with Crippen LogP contribution in [0.25, 0.3) is 0 Å². The number of anilines is 1. The number of amides is 3. The van der Waals surface area contributed by atoms with Crippen molar-refractivity contribution >= 4 is 58.1 Å². The third-order valence-electron chi connectivity index (χ3n) is 4.18. The summed E-state index contributed by atoms with van der Waals surface area (Å²) in [6.07, 6.45) is 0.448. The molecule has 2 atom stereocenters. The number of aliphatic carboxylic acids is 1. The number of hydrogen-bond acceptors (Lipinski definition) is 10. The molecule has 1 aromatic rings. The number of carbonyl (C=O) groups is 4. The number of thioether (sulfide) groups is 1. The van der Waals surface area contributed by atoms with Gasteiger partial charge in [0.2, 0.25) is 6.41 Å². The van der Waals surface area contributed by atoms with Crippen molar-refractivity contribution in [2.24, 2.45) is 5.16 Å². The number of carboxylic acid groups (broad SMARTS) is 1. The van der Waals surface area contributed by atoms with Crippen LogP contribution in [0.5, 0.6) is 0 Å². The van der Waals surface area contributed by atoms with E-state index in [1.165, 1.54) is 31.4 Å². The van der Waals surface area contributed by atoms with E-state index in [9.17, 15) is 24.3 Å². The normalized spacial score (nSPS) is 20.9. The molecule has 3 N–H and O–H groups in total. The number of β-lactam (4-membered cyclic amide) rings is 1. The molecule has 2 aliphatic heterocycles. The average Bonchev–Trinajstić information content (AvgIpc) is 3.18. The number of carboxylic acids is 1. The highest BCUT2D eigenvalue weighted by Gasteiger charge is 2.54. The van der Waals surface area contributed by atoms with Crippen LogP contribution in [-0.4, -0.2) is 82.9 Å². The van der Waals surface area contributed by atoms with Crippen LogP contribution in [0.4, 0.5) is 5.13 Å². The Morgan fingerprint density at radius 3 is 2.87 bits per heavy atom. The number of oxime groups is 1. The number of nitrogens with one attached hydrogen (secondary N) is 2. The molecular weight excluding hydrogens is 438 g/mol. The van der Waals surface area contributed by atoms with Crippen LogP contribution < -0.4 is 10.6 Å². The summed E-state index contributed by atoms with van der Waals surface area (Å²) in [6, 6.07) is -0.936. The van der Waals surface area contributed by atoms with Crippen molar-refractivity contribution < 1.29 is 33.9 Å². The predicted molar refractivity (Wildman–Crippen MR) is 107 cm³/mol. The molecule has 0 bridgehead atoms. The van der Waals surface area contributed by atoms with Gasteiger partial charge in [-0.15, -0.1) is 23.1 Å². The highest BCUT2D eigenvalue weighted by Crippen LogP contribution is 2.40. The lowest BCUT2D eigenvalue weighted by atomic mass is 10.0. The van der Waals surface area contributed by atoms with Crippen LogP contribution in [0, 0.1) is 0 Å². The third kappa shape index (κ3) is 4.01. The van der Waals surface area contributed by atoms with Crippen molar-refractivity contribution in [1.29, 1.82) is 0 Å². The van der Waals surface area contributed by atoms with Gasteiger partial charge in [-0.3, -0.25) is 19.3 Å². The summed E-state index contributed by atoms with van der Waals surface area (Å²) >= 11 is 2.40. The molecule has 1 fully saturated rings. The second-order valence-corrected chi connectivity index (χ2v) is 7.94. The maximum Gasteiger partial charge on any atom is 0.352 e. The fraction of sp³-hybridized carbons (Fsp3) is 0.375. The van der Waals surface area contributed by atoms with Gasteiger partial charge in [-0.1, -0.05) is 5.16 Å². The molecule has 12 nitrogen and oxygen atoms in total. The van der Waals surface area contributed by atoms with Crippen LogP contribution in [0.3, 0.4) is 0 Å². The van der Waals surface area contributed by atoms with Gasteiger partial charge < -0.3 is 25.3 Å². The van der Waals surface area contributed by atoms with Gasteiger partial charge in [0, 0.05) is 18.2 Å². The van der Waals surface area contributed by atoms with E-state index < -0.39 is 29.2 Å². The summed E-state index contributed by atoms with van der Waals surface area (Å²) in [6.45, 7) is 0.0911. The minimum atomic E-state index is -1.23. The molecule has 0 radical (unpaired) electrons. The van der Waals surface area contributed by atoms with E-state index in [1.807, 2.05) is 0 Å². The number of ether oxygens (including phenoxy) is 1. The fourth-order valence-electron chi connectivity index (χ4n) is 2.97. The highest BCUT2D eigenvalue weighted by molar-refractivity contribution is 8.00. The zero-order valence-electron chi connectivity index (χ0n) is 15.8. The van der Waals surface area contributed by atoms with Crippen LogP contribution in [0.2, 0.25) is 0 Å². The van der Waals surface area contributed by atoms with Crippen molar-refractivity contribution in [2.45, 2.75) is 11.4 Å². The molecule has 3 heterocycles. The third-order valence-corrected chi connectivity index (χ3v) is 6.29. The molecule has 0 aliphatic carbocycles. The van der Waals surface area contributed by atoms with Gasteiger partial charge in [0.15, 0.2) is 10.8 Å². The first-order valence-electron chi connectivity index (χ1n) is 8.40. The fourth-order valence-corrected chi connectivity index (χ4v) is 4.96. The Bertz CT molecular complexity index is 944. The number of hydrogen-bond donors (Lipinski definition) is 3. The standard InChI is InChI=1S/C16H17N5O7S2/c1-27-3-7-4-29-14-10(13(24)21(14)11(7)15(25)26)19-12(23)9(20-28-2)8-5-30-16(18-8)17-6-22/h5-6,10,14H,3-4H2,1-2H3,(H,19,23)(H,25,26)(H,17,18,22)/t10?,14-/m1/s1. The number of fused-ring (bicyclic) bond motifs is 1. The summed E-state index contributed by atoms with van der Waals surface area (Å²) < 4.78 is 5.02. The lowest BCUT2D eigenvalue weighted by molar-refractivity contribution is -0.150. The molecule has 3 rings (SSSR count). The Morgan fingerprint density at radius 2 is 2.23 bits per heavy atom. The maximum absolute atomic E-state index is 12.7. The van der Waals surface area contributed by atoms with Crippen molar-refractivity contribution in [1.82, 2.24) is 15.2 Å². The van der Waals surface area contributed by atoms with E-state index in [0.717, 1.165) is 16.2 Å². The van der Waals surface area contributed by atoms with Gasteiger partial charge in [0.1, 0.15) is 29.9 Å². The lowest BCUT2D eigenvalue weighted by Crippen LogP contribution is -2.71. The molecule has 1 aromatic heterocycles. The van der Waals surface area contributed by atoms with Crippen LogP contribution >= 0.6 is 23.1 Å². The lowest BCUT2D eigenvalue weighted by Gasteiger charge is -2.49. The van der Waals surface area contributed by atoms with Crippen LogP contribution in [-0.2, 0) is 28.8 Å². The molecular formula is C16H17N5O7S2. The number of aromatic nitrogens is 1. The topological polar surface area (TPSA) is 160 Å². The molecule has 2 aliphatic rings. The van der Waals surface area contributed by atoms with E-state index in [1.54, 1.807) is 0 Å². The zero-order chi connectivity index (χ0) is 21.8. The quantitative estimate of drug-likeness (QED) is 0.192. The first kappa shape index (κ1) is 21.7. The van der Waals surface area contributed by atoms with E-state index in [2.05, 4.69) is 20.8 Å². The number of nitrogens with zero attached hydrogens (tertiary/aromatic N) is 3. The first-order chi connectivity index (χ1) is 14.4. The Hall–Kier alpha value is -2.97. The number of rotatable bonds is 9. The summed E-state index contributed by atoms with van der Waals surface area (Å²) in [5.74, 6) is -2.15. The smallest absolute Gasteiger partial charge is 0.352 e. The van der Waals surface area contributed by atoms with Gasteiger partial charge >= 0.3 is 5.97 Å². The van der Waals surface area contributed by atoms with Crippen LogP contribution in [0.15, 0.2) is 21.8 Å². The molecule has 1 saturated heterocycles. The molecule has 160 valence electrons. The molecule has 0 saturated carbocycles. The van der Waals surface area contributed by atoms with Gasteiger partial charge in [-0.2, -0.15) is 0 Å². The molecule has 1 unspecified atom stereocenters. The predicted octanol–water partition coefficient (Wildman–Crippen LogP) is -0.553. The van der Waals surface area contributed by atoms with E-state index in [0.29, 0.717) is 17.7 Å². The van der Waals surface area contributed by atoms with Gasteiger partial charge in [-0.05, 0) is 5.57 Å². The Labute approximate surface area is 178 Å². The van der Waals surface area contributed by atoms with Gasteiger partial charge in [0.05, 0.1) is 6.61 Å². The first-order valence-corrected chi connectivity index (χ1v) is 10.3. The second kappa shape index (κ2) is 9.23. The van der Waals surface area contributed by atoms with Crippen molar-refractivity contribution in [3.8, 4) is 0 Å². The maximum atomic E-state index is 12.7. The minimum Gasteiger partial charge on any atom is -0.477 e. The molecule has 3 amide bonds. The van der Waals surface area contributed by atoms with Gasteiger partial charge in [0.25, 0.3) is 11.8 Å². The second-order valence-electron chi connectivity index (χ2n) is 5.97. The SMILES string of the molecule is COCC1=C(C(=O)O)N2C(=O)C(NC(=O)C(=NOC)c3csc(NC=O)n3)[C@H]2SC1. The Morgan fingerprint density at radius 1 is 1.47 bits per heavy atom. The minimum absolute atomic E-state index is 0.0911. The van der Waals surface area contributed by atoms with Crippen molar-refractivity contribution in [3.63, 3.8) is 0 Å². The summed E-state index contributed by atoms with van der Waals surface area (Å²) in [4.78, 5) is 57.5. The Balaban J connectivity index is 1.77. The van der Waals surface area contributed by atoms with E-state index >= 15 is 0 Å². The summed E-state index contributed by atoms with van der Waals surface area (Å²) in [7, 11) is 2.69. The van der Waals surface area contributed by atoms with E-state index in [-0.39, 0.29) is 28.8 Å². The molecule has 0 spiro atoms.